The van der Waals surface area contributed by atoms with Gasteiger partial charge in [-0.25, -0.2) is 0 Å². The van der Waals surface area contributed by atoms with Crippen LogP contribution < -0.4 is 5.43 Å². The van der Waals surface area contributed by atoms with Crippen LogP contribution in [0.5, 0.6) is 0 Å². The third kappa shape index (κ3) is 3.05. The lowest BCUT2D eigenvalue weighted by atomic mass is 9.93. The van der Waals surface area contributed by atoms with Gasteiger partial charge >= 0.3 is 5.97 Å². The summed E-state index contributed by atoms with van der Waals surface area (Å²) in [5, 5.41) is 10.5. The molecular formula is C22H22N2O4. The zero-order chi connectivity index (χ0) is 19.8. The smallest absolute Gasteiger partial charge is 0.308 e. The third-order valence-electron chi connectivity index (χ3n) is 5.72. The van der Waals surface area contributed by atoms with Crippen LogP contribution in [0.2, 0.25) is 0 Å². The molecule has 6 nitrogen and oxygen atoms in total. The first-order chi connectivity index (χ1) is 13.5. The van der Waals surface area contributed by atoms with Crippen LogP contribution in [-0.4, -0.2) is 39.0 Å². The molecule has 6 heteroatoms. The number of piperidine rings is 1. The van der Waals surface area contributed by atoms with Gasteiger partial charge in [0.15, 0.2) is 5.43 Å². The van der Waals surface area contributed by atoms with Crippen LogP contribution in [0.3, 0.4) is 0 Å². The molecule has 1 aromatic heterocycles. The molecule has 0 aliphatic carbocycles. The van der Waals surface area contributed by atoms with Crippen LogP contribution in [0.1, 0.15) is 19.8 Å². The minimum Gasteiger partial charge on any atom is -0.481 e. The van der Waals surface area contributed by atoms with E-state index in [9.17, 15) is 19.5 Å². The minimum absolute atomic E-state index is 0.00000929. The van der Waals surface area contributed by atoms with Crippen LogP contribution >= 0.6 is 0 Å². The Bertz CT molecular complexity index is 1070. The van der Waals surface area contributed by atoms with Crippen molar-refractivity contribution >= 4 is 33.7 Å². The van der Waals surface area contributed by atoms with Crippen molar-refractivity contribution in [2.24, 2.45) is 5.92 Å². The highest BCUT2D eigenvalue weighted by Crippen LogP contribution is 2.24. The molecule has 2 atom stereocenters. The summed E-state index contributed by atoms with van der Waals surface area (Å²) in [6.07, 6.45) is 1.26. The lowest BCUT2D eigenvalue weighted by Crippen LogP contribution is -2.48. The quantitative estimate of drug-likeness (QED) is 0.711. The van der Waals surface area contributed by atoms with Crippen LogP contribution in [0.15, 0.2) is 53.3 Å². The number of nitrogens with zero attached hydrogens (tertiary/aromatic N) is 2. The molecule has 28 heavy (non-hydrogen) atoms. The van der Waals surface area contributed by atoms with Gasteiger partial charge in [-0.05, 0) is 44.0 Å². The maximum absolute atomic E-state index is 13.2. The largest absolute Gasteiger partial charge is 0.481 e. The summed E-state index contributed by atoms with van der Waals surface area (Å²) in [6.45, 7) is 2.25. The van der Waals surface area contributed by atoms with E-state index in [1.807, 2.05) is 47.9 Å². The SMILES string of the molecule is CC1CCC(C(=O)O)CN1C(=O)Cn1c2ccccc2c(=O)c2ccccc21. The topological polar surface area (TPSA) is 79.6 Å². The van der Waals surface area contributed by atoms with E-state index in [1.165, 1.54) is 0 Å². The predicted molar refractivity (Wildman–Crippen MR) is 107 cm³/mol. The second-order valence-electron chi connectivity index (χ2n) is 7.46. The molecule has 3 aromatic rings. The van der Waals surface area contributed by atoms with E-state index in [1.54, 1.807) is 17.0 Å². The number of rotatable bonds is 3. The fourth-order valence-corrected chi connectivity index (χ4v) is 4.13. The maximum Gasteiger partial charge on any atom is 0.308 e. The Kier molecular flexibility index (Phi) is 4.63. The van der Waals surface area contributed by atoms with Crippen molar-refractivity contribution in [3.8, 4) is 0 Å². The highest BCUT2D eigenvalue weighted by atomic mass is 16.4. The highest BCUT2D eigenvalue weighted by Gasteiger charge is 2.32. The predicted octanol–water partition coefficient (Wildman–Crippen LogP) is 2.87. The van der Waals surface area contributed by atoms with Gasteiger partial charge < -0.3 is 14.6 Å². The van der Waals surface area contributed by atoms with Gasteiger partial charge in [0.25, 0.3) is 0 Å². The number of likely N-dealkylation sites (tertiary alicyclic amines) is 1. The molecule has 4 rings (SSSR count). The molecule has 1 aliphatic heterocycles. The number of fused-ring (bicyclic) bond motifs is 2. The zero-order valence-corrected chi connectivity index (χ0v) is 15.7. The van der Waals surface area contributed by atoms with Crippen LogP contribution in [-0.2, 0) is 16.1 Å². The molecule has 0 spiro atoms. The second-order valence-corrected chi connectivity index (χ2v) is 7.46. The summed E-state index contributed by atoms with van der Waals surface area (Å²) in [5.41, 5.74) is 1.37. The van der Waals surface area contributed by atoms with Gasteiger partial charge in [0.2, 0.25) is 5.91 Å². The number of benzene rings is 2. The fraction of sp³-hybridized carbons (Fsp3) is 0.318. The number of pyridine rings is 1. The lowest BCUT2D eigenvalue weighted by Gasteiger charge is -2.36. The van der Waals surface area contributed by atoms with E-state index in [2.05, 4.69) is 0 Å². The first-order valence-electron chi connectivity index (χ1n) is 9.50. The van der Waals surface area contributed by atoms with Gasteiger partial charge in [0.05, 0.1) is 17.0 Å². The molecule has 0 saturated carbocycles. The Hall–Kier alpha value is -3.15. The molecule has 1 saturated heterocycles. The summed E-state index contributed by atoms with van der Waals surface area (Å²) < 4.78 is 1.87. The van der Waals surface area contributed by atoms with E-state index < -0.39 is 11.9 Å². The van der Waals surface area contributed by atoms with Gasteiger partial charge in [-0.2, -0.15) is 0 Å². The molecule has 2 unspecified atom stereocenters. The van der Waals surface area contributed by atoms with Crippen LogP contribution in [0.4, 0.5) is 0 Å². The number of para-hydroxylation sites is 2. The summed E-state index contributed by atoms with van der Waals surface area (Å²) in [6, 6.07) is 14.6. The number of carbonyl (C=O) groups excluding carboxylic acids is 1. The highest BCUT2D eigenvalue weighted by molar-refractivity contribution is 5.95. The lowest BCUT2D eigenvalue weighted by molar-refractivity contribution is -0.147. The van der Waals surface area contributed by atoms with E-state index in [0.29, 0.717) is 34.6 Å². The van der Waals surface area contributed by atoms with Gasteiger partial charge in [-0.3, -0.25) is 14.4 Å². The Morgan fingerprint density at radius 3 is 2.14 bits per heavy atom. The standard InChI is InChI=1S/C22H22N2O4/c1-14-10-11-15(22(27)28)12-23(14)20(25)13-24-18-8-4-2-6-16(18)21(26)17-7-3-5-9-19(17)24/h2-9,14-15H,10-13H2,1H3,(H,27,28). The molecule has 1 amide bonds. The van der Waals surface area contributed by atoms with Crippen molar-refractivity contribution in [2.75, 3.05) is 6.54 Å². The zero-order valence-electron chi connectivity index (χ0n) is 15.7. The molecule has 0 radical (unpaired) electrons. The van der Waals surface area contributed by atoms with Crippen molar-refractivity contribution in [3.63, 3.8) is 0 Å². The summed E-state index contributed by atoms with van der Waals surface area (Å²) in [7, 11) is 0. The van der Waals surface area contributed by atoms with E-state index in [-0.39, 0.29) is 30.5 Å². The molecule has 0 bridgehead atoms. The molecule has 1 aliphatic rings. The second kappa shape index (κ2) is 7.11. The summed E-state index contributed by atoms with van der Waals surface area (Å²) >= 11 is 0. The molecule has 1 fully saturated rings. The van der Waals surface area contributed by atoms with Crippen molar-refractivity contribution in [2.45, 2.75) is 32.4 Å². The Morgan fingerprint density at radius 2 is 1.57 bits per heavy atom. The van der Waals surface area contributed by atoms with Crippen LogP contribution in [0.25, 0.3) is 21.8 Å². The molecule has 1 N–H and O–H groups in total. The number of carbonyl (C=O) groups is 2. The molecule has 2 aromatic carbocycles. The first-order valence-corrected chi connectivity index (χ1v) is 9.50. The van der Waals surface area contributed by atoms with Gasteiger partial charge in [-0.1, -0.05) is 24.3 Å². The fourth-order valence-electron chi connectivity index (χ4n) is 4.13. The maximum atomic E-state index is 13.2. The van der Waals surface area contributed by atoms with Crippen molar-refractivity contribution in [3.05, 3.63) is 58.8 Å². The summed E-state index contributed by atoms with van der Waals surface area (Å²) in [5.74, 6) is -1.51. The van der Waals surface area contributed by atoms with Gasteiger partial charge in [-0.15, -0.1) is 0 Å². The van der Waals surface area contributed by atoms with E-state index >= 15 is 0 Å². The number of hydrogen-bond donors (Lipinski definition) is 1. The summed E-state index contributed by atoms with van der Waals surface area (Å²) in [4.78, 5) is 39.0. The van der Waals surface area contributed by atoms with Gasteiger partial charge in [0.1, 0.15) is 6.54 Å². The van der Waals surface area contributed by atoms with Crippen molar-refractivity contribution in [1.82, 2.24) is 9.47 Å². The molecular weight excluding hydrogens is 356 g/mol. The Morgan fingerprint density at radius 1 is 1.00 bits per heavy atom. The third-order valence-corrected chi connectivity index (χ3v) is 5.72. The number of aromatic nitrogens is 1. The molecule has 144 valence electrons. The number of carboxylic acids is 1. The number of hydrogen-bond acceptors (Lipinski definition) is 3. The Labute approximate surface area is 162 Å². The number of amides is 1. The van der Waals surface area contributed by atoms with E-state index in [4.69, 9.17) is 0 Å². The first kappa shape index (κ1) is 18.2. The van der Waals surface area contributed by atoms with Gasteiger partial charge in [0, 0.05) is 23.4 Å². The van der Waals surface area contributed by atoms with E-state index in [0.717, 1.165) is 0 Å². The normalized spacial score (nSPS) is 19.8. The Balaban J connectivity index is 1.78. The number of aliphatic carboxylic acids is 1. The monoisotopic (exact) mass is 378 g/mol. The average molecular weight is 378 g/mol. The van der Waals surface area contributed by atoms with Crippen molar-refractivity contribution < 1.29 is 14.7 Å². The minimum atomic E-state index is -0.857. The van der Waals surface area contributed by atoms with Crippen LogP contribution in [0, 0.1) is 5.92 Å². The van der Waals surface area contributed by atoms with Crippen molar-refractivity contribution in [1.29, 1.82) is 0 Å². The molecule has 2 heterocycles. The average Bonchev–Trinajstić information content (AvgIpc) is 2.71. The number of carboxylic acid groups (broad SMARTS) is 1.